The summed E-state index contributed by atoms with van der Waals surface area (Å²) >= 11 is 0. The number of carbonyl (C=O) groups is 2. The molecule has 3 aromatic heterocycles. The predicted molar refractivity (Wildman–Crippen MR) is 134 cm³/mol. The van der Waals surface area contributed by atoms with E-state index in [-0.39, 0.29) is 24.3 Å². The molecule has 5 rings (SSSR count). The van der Waals surface area contributed by atoms with Crippen LogP contribution in [0.1, 0.15) is 48.9 Å². The Bertz CT molecular complexity index is 1680. The number of allylic oxidation sites excluding steroid dienone is 1. The van der Waals surface area contributed by atoms with Gasteiger partial charge in [0.15, 0.2) is 11.6 Å². The molecule has 190 valence electrons. The van der Waals surface area contributed by atoms with Crippen molar-refractivity contribution in [2.24, 2.45) is 0 Å². The van der Waals surface area contributed by atoms with Crippen LogP contribution in [0.3, 0.4) is 0 Å². The lowest BCUT2D eigenvalue weighted by Gasteiger charge is -2.11. The van der Waals surface area contributed by atoms with E-state index in [2.05, 4.69) is 15.3 Å². The van der Waals surface area contributed by atoms with E-state index in [1.54, 1.807) is 18.3 Å². The van der Waals surface area contributed by atoms with Crippen molar-refractivity contribution in [3.8, 4) is 0 Å². The van der Waals surface area contributed by atoms with Crippen LogP contribution in [0.4, 0.5) is 8.78 Å². The standard InChI is InChI=1S/C28H20F2N4O4/c29-22-7-5-16(11-23(22)30)15-34-10-2-4-21(27(34)36)26(35)32-14-18-12-17(13-25(33-18)28(37)38)19-6-8-24-20(19)3-1-9-31-24/h1-7,9-13H,8,14-15H2,(H,32,35)(H,37,38). The summed E-state index contributed by atoms with van der Waals surface area (Å²) in [6, 6.07) is 13.0. The summed E-state index contributed by atoms with van der Waals surface area (Å²) in [5.74, 6) is -3.93. The molecule has 3 heterocycles. The highest BCUT2D eigenvalue weighted by Gasteiger charge is 2.20. The van der Waals surface area contributed by atoms with Gasteiger partial charge < -0.3 is 15.0 Å². The van der Waals surface area contributed by atoms with Crippen LogP contribution < -0.4 is 10.9 Å². The number of benzene rings is 1. The molecule has 1 amide bonds. The highest BCUT2D eigenvalue weighted by atomic mass is 19.2. The van der Waals surface area contributed by atoms with Gasteiger partial charge in [0.2, 0.25) is 0 Å². The summed E-state index contributed by atoms with van der Waals surface area (Å²) in [5.41, 5.74) is 2.92. The van der Waals surface area contributed by atoms with Crippen LogP contribution in [0.5, 0.6) is 0 Å². The average molecular weight is 514 g/mol. The number of aromatic nitrogens is 3. The molecule has 0 saturated carbocycles. The Kier molecular flexibility index (Phi) is 6.61. The number of hydrogen-bond acceptors (Lipinski definition) is 5. The first-order valence-corrected chi connectivity index (χ1v) is 11.6. The second-order valence-electron chi connectivity index (χ2n) is 8.64. The van der Waals surface area contributed by atoms with Gasteiger partial charge in [-0.15, -0.1) is 0 Å². The van der Waals surface area contributed by atoms with Crippen molar-refractivity contribution in [2.75, 3.05) is 0 Å². The van der Waals surface area contributed by atoms with E-state index in [1.807, 2.05) is 12.1 Å². The normalized spacial score (nSPS) is 12.1. The van der Waals surface area contributed by atoms with Gasteiger partial charge in [0.05, 0.1) is 24.5 Å². The van der Waals surface area contributed by atoms with Crippen molar-refractivity contribution in [2.45, 2.75) is 19.5 Å². The fourth-order valence-corrected chi connectivity index (χ4v) is 4.31. The van der Waals surface area contributed by atoms with Crippen LogP contribution in [0, 0.1) is 11.6 Å². The molecule has 1 aromatic carbocycles. The van der Waals surface area contributed by atoms with Gasteiger partial charge in [-0.1, -0.05) is 18.2 Å². The van der Waals surface area contributed by atoms with Gasteiger partial charge in [0, 0.05) is 24.4 Å². The zero-order valence-corrected chi connectivity index (χ0v) is 19.8. The molecule has 1 aliphatic rings. The third-order valence-corrected chi connectivity index (χ3v) is 6.12. The van der Waals surface area contributed by atoms with Gasteiger partial charge in [0.25, 0.3) is 11.5 Å². The van der Waals surface area contributed by atoms with Gasteiger partial charge in [-0.05, 0) is 59.2 Å². The van der Waals surface area contributed by atoms with Crippen molar-refractivity contribution in [3.63, 3.8) is 0 Å². The summed E-state index contributed by atoms with van der Waals surface area (Å²) in [6.07, 6.45) is 5.71. The molecule has 4 aromatic rings. The second kappa shape index (κ2) is 10.2. The minimum atomic E-state index is -1.22. The number of nitrogens with zero attached hydrogens (tertiary/aromatic N) is 3. The highest BCUT2D eigenvalue weighted by Crippen LogP contribution is 2.32. The molecule has 38 heavy (non-hydrogen) atoms. The lowest BCUT2D eigenvalue weighted by molar-refractivity contribution is 0.0690. The molecule has 0 fully saturated rings. The molecule has 0 saturated heterocycles. The van der Waals surface area contributed by atoms with Gasteiger partial charge in [-0.3, -0.25) is 14.6 Å². The fraction of sp³-hybridized carbons (Fsp3) is 0.107. The van der Waals surface area contributed by atoms with Gasteiger partial charge >= 0.3 is 5.97 Å². The second-order valence-corrected chi connectivity index (χ2v) is 8.64. The number of carbonyl (C=O) groups excluding carboxylic acids is 1. The maximum absolute atomic E-state index is 13.6. The molecule has 0 spiro atoms. The first-order chi connectivity index (χ1) is 18.3. The topological polar surface area (TPSA) is 114 Å². The molecule has 0 aliphatic heterocycles. The smallest absolute Gasteiger partial charge is 0.354 e. The number of rotatable bonds is 7. The Balaban J connectivity index is 1.36. The molecular formula is C28H20F2N4O4. The number of pyridine rings is 3. The number of halogens is 2. The van der Waals surface area contributed by atoms with E-state index in [0.717, 1.165) is 29.0 Å². The van der Waals surface area contributed by atoms with Gasteiger partial charge in [-0.25, -0.2) is 18.6 Å². The van der Waals surface area contributed by atoms with Crippen molar-refractivity contribution in [1.82, 2.24) is 19.9 Å². The Morgan fingerprint density at radius 2 is 1.89 bits per heavy atom. The zero-order chi connectivity index (χ0) is 26.8. The van der Waals surface area contributed by atoms with Crippen molar-refractivity contribution < 1.29 is 23.5 Å². The zero-order valence-electron chi connectivity index (χ0n) is 19.8. The number of carboxylic acid groups (broad SMARTS) is 1. The number of fused-ring (bicyclic) bond motifs is 1. The number of carboxylic acids is 1. The first kappa shape index (κ1) is 24.7. The molecule has 1 aliphatic carbocycles. The van der Waals surface area contributed by atoms with E-state index in [9.17, 15) is 28.3 Å². The maximum Gasteiger partial charge on any atom is 0.354 e. The number of amides is 1. The third kappa shape index (κ3) is 4.96. The Hall–Kier alpha value is -4.99. The molecule has 0 unspecified atom stereocenters. The van der Waals surface area contributed by atoms with Gasteiger partial charge in [-0.2, -0.15) is 0 Å². The quantitative estimate of drug-likeness (QED) is 0.390. The van der Waals surface area contributed by atoms with Crippen LogP contribution in [-0.2, 0) is 19.5 Å². The fourth-order valence-electron chi connectivity index (χ4n) is 4.31. The third-order valence-electron chi connectivity index (χ3n) is 6.12. The lowest BCUT2D eigenvalue weighted by Crippen LogP contribution is -2.33. The predicted octanol–water partition coefficient (Wildman–Crippen LogP) is 3.58. The summed E-state index contributed by atoms with van der Waals surface area (Å²) in [7, 11) is 0. The molecule has 2 N–H and O–H groups in total. The lowest BCUT2D eigenvalue weighted by atomic mass is 10.0. The highest BCUT2D eigenvalue weighted by molar-refractivity contribution is 5.94. The van der Waals surface area contributed by atoms with E-state index < -0.39 is 29.1 Å². The minimum absolute atomic E-state index is 0.0613. The van der Waals surface area contributed by atoms with E-state index in [0.29, 0.717) is 23.2 Å². The van der Waals surface area contributed by atoms with Crippen molar-refractivity contribution >= 4 is 17.4 Å². The van der Waals surface area contributed by atoms with Crippen molar-refractivity contribution in [1.29, 1.82) is 0 Å². The van der Waals surface area contributed by atoms with Crippen molar-refractivity contribution in [3.05, 3.63) is 134 Å². The summed E-state index contributed by atoms with van der Waals surface area (Å²) in [5, 5.41) is 12.2. The SMILES string of the molecule is O=C(O)c1cc(C2=CCc3ncccc32)cc(CNC(=O)c2cccn(Cc3ccc(F)c(F)c3)c2=O)n1. The largest absolute Gasteiger partial charge is 0.477 e. The Morgan fingerprint density at radius 3 is 2.68 bits per heavy atom. The van der Waals surface area contributed by atoms with Gasteiger partial charge in [0.1, 0.15) is 11.3 Å². The number of nitrogens with one attached hydrogen (secondary N) is 1. The molecular weight excluding hydrogens is 494 g/mol. The number of aromatic carboxylic acids is 1. The average Bonchev–Trinajstić information content (AvgIpc) is 3.35. The van der Waals surface area contributed by atoms with Crippen LogP contribution in [-0.4, -0.2) is 31.5 Å². The first-order valence-electron chi connectivity index (χ1n) is 11.6. The summed E-state index contributed by atoms with van der Waals surface area (Å²) < 4.78 is 28.0. The van der Waals surface area contributed by atoms with Crippen LogP contribution in [0.2, 0.25) is 0 Å². The molecule has 8 nitrogen and oxygen atoms in total. The van der Waals surface area contributed by atoms with Crippen LogP contribution in [0.15, 0.2) is 77.9 Å². The Labute approximate surface area is 214 Å². The Morgan fingerprint density at radius 1 is 1.05 bits per heavy atom. The molecule has 10 heteroatoms. The summed E-state index contributed by atoms with van der Waals surface area (Å²) in [6.45, 7) is -0.189. The maximum atomic E-state index is 13.6. The molecule has 0 bridgehead atoms. The monoisotopic (exact) mass is 514 g/mol. The van der Waals surface area contributed by atoms with E-state index >= 15 is 0 Å². The summed E-state index contributed by atoms with van der Waals surface area (Å²) in [4.78, 5) is 46.0. The molecule has 0 atom stereocenters. The molecule has 0 radical (unpaired) electrons. The minimum Gasteiger partial charge on any atom is -0.477 e. The van der Waals surface area contributed by atoms with E-state index in [4.69, 9.17) is 0 Å². The van der Waals surface area contributed by atoms with Crippen LogP contribution in [0.25, 0.3) is 5.57 Å². The number of hydrogen-bond donors (Lipinski definition) is 2. The van der Waals surface area contributed by atoms with Crippen LogP contribution >= 0.6 is 0 Å². The van der Waals surface area contributed by atoms with E-state index in [1.165, 1.54) is 35.0 Å².